The summed E-state index contributed by atoms with van der Waals surface area (Å²) in [6.45, 7) is 6.66. The van der Waals surface area contributed by atoms with Crippen molar-refractivity contribution in [2.45, 2.75) is 25.7 Å². The molecule has 7 heteroatoms. The Bertz CT molecular complexity index is 591. The quantitative estimate of drug-likeness (QED) is 0.819. The molecule has 1 atom stereocenters. The van der Waals surface area contributed by atoms with Crippen LogP contribution in [0.4, 0.5) is 11.6 Å². The molecule has 0 bridgehead atoms. The first-order valence-electron chi connectivity index (χ1n) is 9.50. The number of piperidine rings is 1. The van der Waals surface area contributed by atoms with Crippen molar-refractivity contribution < 1.29 is 9.53 Å². The van der Waals surface area contributed by atoms with Crippen LogP contribution in [0.2, 0.25) is 0 Å². The minimum atomic E-state index is 0.0660. The van der Waals surface area contributed by atoms with E-state index in [2.05, 4.69) is 25.8 Å². The summed E-state index contributed by atoms with van der Waals surface area (Å²) in [5.74, 6) is 2.34. The second-order valence-corrected chi connectivity index (χ2v) is 7.15. The third-order valence-corrected chi connectivity index (χ3v) is 5.51. The first kappa shape index (κ1) is 16.6. The molecule has 3 fully saturated rings. The Labute approximate surface area is 149 Å². The first-order chi connectivity index (χ1) is 12.3. The predicted molar refractivity (Wildman–Crippen MR) is 95.8 cm³/mol. The Balaban J connectivity index is 1.36. The maximum absolute atomic E-state index is 12.5. The van der Waals surface area contributed by atoms with Crippen LogP contribution in [0.25, 0.3) is 0 Å². The molecule has 7 nitrogen and oxygen atoms in total. The highest BCUT2D eigenvalue weighted by Crippen LogP contribution is 2.23. The van der Waals surface area contributed by atoms with Gasteiger partial charge in [0.05, 0.1) is 12.5 Å². The molecule has 4 heterocycles. The van der Waals surface area contributed by atoms with Gasteiger partial charge in [0.1, 0.15) is 18.0 Å². The van der Waals surface area contributed by atoms with Crippen molar-refractivity contribution in [2.75, 3.05) is 62.3 Å². The highest BCUT2D eigenvalue weighted by atomic mass is 16.5. The van der Waals surface area contributed by atoms with Crippen molar-refractivity contribution in [2.24, 2.45) is 5.92 Å². The number of hydrogen-bond donors (Lipinski definition) is 0. The fourth-order valence-corrected chi connectivity index (χ4v) is 3.95. The van der Waals surface area contributed by atoms with Gasteiger partial charge in [0.25, 0.3) is 0 Å². The van der Waals surface area contributed by atoms with E-state index in [1.54, 1.807) is 6.33 Å². The van der Waals surface area contributed by atoms with Crippen molar-refractivity contribution in [3.8, 4) is 0 Å². The lowest BCUT2D eigenvalue weighted by molar-refractivity contribution is -0.135. The average molecular weight is 345 g/mol. The molecule has 1 amide bonds. The summed E-state index contributed by atoms with van der Waals surface area (Å²) in [5.41, 5.74) is 0. The van der Waals surface area contributed by atoms with Gasteiger partial charge in [0, 0.05) is 51.9 Å². The zero-order valence-corrected chi connectivity index (χ0v) is 14.8. The van der Waals surface area contributed by atoms with Gasteiger partial charge in [-0.05, 0) is 25.7 Å². The zero-order valence-electron chi connectivity index (χ0n) is 14.8. The summed E-state index contributed by atoms with van der Waals surface area (Å²) in [5, 5.41) is 0. The van der Waals surface area contributed by atoms with Crippen LogP contribution in [0.15, 0.2) is 12.4 Å². The normalized spacial score (nSPS) is 24.6. The molecule has 0 radical (unpaired) electrons. The van der Waals surface area contributed by atoms with E-state index in [1.807, 2.05) is 4.90 Å². The molecule has 0 spiro atoms. The van der Waals surface area contributed by atoms with Crippen LogP contribution in [0.5, 0.6) is 0 Å². The highest BCUT2D eigenvalue weighted by Gasteiger charge is 2.30. The monoisotopic (exact) mass is 345 g/mol. The van der Waals surface area contributed by atoms with E-state index in [4.69, 9.17) is 4.74 Å². The minimum Gasteiger partial charge on any atom is -0.381 e. The Morgan fingerprint density at radius 2 is 1.64 bits per heavy atom. The molecule has 0 N–H and O–H groups in total. The van der Waals surface area contributed by atoms with Crippen LogP contribution in [-0.4, -0.2) is 73.3 Å². The molecule has 1 aromatic rings. The SMILES string of the molecule is O=C(C1CCOC1)N1CCN(c2cc(N3CCCCC3)ncn2)CC1. The van der Waals surface area contributed by atoms with E-state index in [0.717, 1.165) is 63.9 Å². The van der Waals surface area contributed by atoms with Crippen molar-refractivity contribution in [3.05, 3.63) is 12.4 Å². The number of carbonyl (C=O) groups is 1. The molecule has 3 saturated heterocycles. The van der Waals surface area contributed by atoms with Crippen LogP contribution >= 0.6 is 0 Å². The minimum absolute atomic E-state index is 0.0660. The second kappa shape index (κ2) is 7.56. The van der Waals surface area contributed by atoms with Crippen molar-refractivity contribution in [1.82, 2.24) is 14.9 Å². The number of hydrogen-bond acceptors (Lipinski definition) is 6. The molecular formula is C18H27N5O2. The Morgan fingerprint density at radius 3 is 2.28 bits per heavy atom. The lowest BCUT2D eigenvalue weighted by Gasteiger charge is -2.36. The van der Waals surface area contributed by atoms with Crippen molar-refractivity contribution >= 4 is 17.5 Å². The summed E-state index contributed by atoms with van der Waals surface area (Å²) >= 11 is 0. The van der Waals surface area contributed by atoms with E-state index in [-0.39, 0.29) is 11.8 Å². The number of rotatable bonds is 3. The van der Waals surface area contributed by atoms with Crippen molar-refractivity contribution in [1.29, 1.82) is 0 Å². The number of piperazine rings is 1. The van der Waals surface area contributed by atoms with Crippen LogP contribution in [0.3, 0.4) is 0 Å². The van der Waals surface area contributed by atoms with Gasteiger partial charge in [-0.3, -0.25) is 4.79 Å². The second-order valence-electron chi connectivity index (χ2n) is 7.15. The summed E-state index contributed by atoms with van der Waals surface area (Å²) < 4.78 is 5.35. The molecule has 4 rings (SSSR count). The largest absolute Gasteiger partial charge is 0.381 e. The third-order valence-electron chi connectivity index (χ3n) is 5.51. The fourth-order valence-electron chi connectivity index (χ4n) is 3.95. The van der Waals surface area contributed by atoms with Crippen LogP contribution in [0, 0.1) is 5.92 Å². The molecule has 136 valence electrons. The lowest BCUT2D eigenvalue weighted by Crippen LogP contribution is -2.50. The summed E-state index contributed by atoms with van der Waals surface area (Å²) in [4.78, 5) is 28.0. The summed E-state index contributed by atoms with van der Waals surface area (Å²) in [7, 11) is 0. The third kappa shape index (κ3) is 3.71. The van der Waals surface area contributed by atoms with Crippen LogP contribution < -0.4 is 9.80 Å². The number of nitrogens with zero attached hydrogens (tertiary/aromatic N) is 5. The molecule has 3 aliphatic heterocycles. The van der Waals surface area contributed by atoms with Gasteiger partial charge < -0.3 is 19.4 Å². The molecule has 0 aliphatic carbocycles. The van der Waals surface area contributed by atoms with E-state index in [0.29, 0.717) is 6.61 Å². The van der Waals surface area contributed by atoms with Gasteiger partial charge in [-0.1, -0.05) is 0 Å². The smallest absolute Gasteiger partial charge is 0.228 e. The number of amides is 1. The maximum Gasteiger partial charge on any atom is 0.228 e. The molecule has 1 unspecified atom stereocenters. The summed E-state index contributed by atoms with van der Waals surface area (Å²) in [6, 6.07) is 2.10. The molecule has 0 saturated carbocycles. The predicted octanol–water partition coefficient (Wildman–Crippen LogP) is 1.15. The Kier molecular flexibility index (Phi) is 5.01. The van der Waals surface area contributed by atoms with Crippen molar-refractivity contribution in [3.63, 3.8) is 0 Å². The fraction of sp³-hybridized carbons (Fsp3) is 0.722. The van der Waals surface area contributed by atoms with E-state index in [9.17, 15) is 4.79 Å². The molecule has 1 aromatic heterocycles. The maximum atomic E-state index is 12.5. The van der Waals surface area contributed by atoms with Gasteiger partial charge in [-0.2, -0.15) is 0 Å². The average Bonchev–Trinajstić information content (AvgIpc) is 3.23. The van der Waals surface area contributed by atoms with Gasteiger partial charge in [0.15, 0.2) is 0 Å². The molecule has 25 heavy (non-hydrogen) atoms. The number of aromatic nitrogens is 2. The molecule has 3 aliphatic rings. The number of anilines is 2. The van der Waals surface area contributed by atoms with Gasteiger partial charge in [-0.15, -0.1) is 0 Å². The number of ether oxygens (including phenoxy) is 1. The zero-order chi connectivity index (χ0) is 17.1. The molecular weight excluding hydrogens is 318 g/mol. The topological polar surface area (TPSA) is 61.8 Å². The Morgan fingerprint density at radius 1 is 0.960 bits per heavy atom. The summed E-state index contributed by atoms with van der Waals surface area (Å²) in [6.07, 6.45) is 6.34. The Hall–Kier alpha value is -1.89. The molecule has 0 aromatic carbocycles. The van der Waals surface area contributed by atoms with Gasteiger partial charge >= 0.3 is 0 Å². The first-order valence-corrected chi connectivity index (χ1v) is 9.50. The van der Waals surface area contributed by atoms with Gasteiger partial charge in [-0.25, -0.2) is 9.97 Å². The standard InChI is InChI=1S/C18H27N5O2/c24-18(15-4-11-25-13-15)23-9-7-22(8-10-23)17-12-16(19-14-20-17)21-5-2-1-3-6-21/h12,14-15H,1-11,13H2. The van der Waals surface area contributed by atoms with Crippen LogP contribution in [0.1, 0.15) is 25.7 Å². The van der Waals surface area contributed by atoms with E-state index < -0.39 is 0 Å². The number of carbonyl (C=O) groups excluding carboxylic acids is 1. The van der Waals surface area contributed by atoms with E-state index >= 15 is 0 Å². The van der Waals surface area contributed by atoms with Crippen LogP contribution in [-0.2, 0) is 9.53 Å². The van der Waals surface area contributed by atoms with E-state index in [1.165, 1.54) is 19.3 Å². The van der Waals surface area contributed by atoms with Gasteiger partial charge in [0.2, 0.25) is 5.91 Å². The lowest BCUT2D eigenvalue weighted by atomic mass is 10.1. The highest BCUT2D eigenvalue weighted by molar-refractivity contribution is 5.79.